The number of hydrogen-bond acceptors (Lipinski definition) is 1. The van der Waals surface area contributed by atoms with Crippen molar-refractivity contribution in [1.29, 1.82) is 0 Å². The number of para-hydroxylation sites is 1. The third-order valence-corrected chi connectivity index (χ3v) is 5.63. The minimum Gasteiger partial charge on any atom is -0.382 e. The van der Waals surface area contributed by atoms with Gasteiger partial charge in [-0.1, -0.05) is 64.7 Å². The summed E-state index contributed by atoms with van der Waals surface area (Å²) in [5.41, 5.74) is 3.03. The molecule has 0 bridgehead atoms. The first kappa shape index (κ1) is 14.9. The second-order valence-corrected chi connectivity index (χ2v) is 8.25. The normalized spacial score (nSPS) is 29.8. The lowest BCUT2D eigenvalue weighted by molar-refractivity contribution is 0.162. The fourth-order valence-electron chi connectivity index (χ4n) is 4.49. The lowest BCUT2D eigenvalue weighted by atomic mass is 9.69. The Morgan fingerprint density at radius 3 is 2.38 bits per heavy atom. The maximum atomic E-state index is 3.89. The fourth-order valence-corrected chi connectivity index (χ4v) is 4.49. The topological polar surface area (TPSA) is 12.0 Å². The second-order valence-electron chi connectivity index (χ2n) is 8.25. The summed E-state index contributed by atoms with van der Waals surface area (Å²) in [6.07, 6.45) is 10.1. The summed E-state index contributed by atoms with van der Waals surface area (Å²) in [6, 6.07) is 9.59. The zero-order valence-electron chi connectivity index (χ0n) is 14.0. The lowest BCUT2D eigenvalue weighted by Crippen LogP contribution is -2.34. The van der Waals surface area contributed by atoms with Gasteiger partial charge in [-0.2, -0.15) is 0 Å². The first-order valence-electron chi connectivity index (χ1n) is 8.90. The molecule has 0 heterocycles. The average Bonchev–Trinajstić information content (AvgIpc) is 2.46. The molecule has 2 aliphatic rings. The molecule has 2 fully saturated rings. The Hall–Kier alpha value is -0.980. The van der Waals surface area contributed by atoms with Crippen molar-refractivity contribution in [3.63, 3.8) is 0 Å². The van der Waals surface area contributed by atoms with Crippen LogP contribution in [0, 0.1) is 11.8 Å². The molecule has 2 saturated carbocycles. The summed E-state index contributed by atoms with van der Waals surface area (Å²) in [7, 11) is 0. The van der Waals surface area contributed by atoms with Crippen molar-refractivity contribution in [2.24, 2.45) is 11.8 Å². The van der Waals surface area contributed by atoms with Crippen molar-refractivity contribution in [3.8, 4) is 0 Å². The van der Waals surface area contributed by atoms with Gasteiger partial charge in [-0.3, -0.25) is 0 Å². The molecule has 3 unspecified atom stereocenters. The molecule has 21 heavy (non-hydrogen) atoms. The van der Waals surface area contributed by atoms with Crippen molar-refractivity contribution in [2.45, 2.75) is 77.2 Å². The molecule has 0 spiro atoms. The van der Waals surface area contributed by atoms with Crippen LogP contribution in [0.15, 0.2) is 24.3 Å². The highest BCUT2D eigenvalue weighted by atomic mass is 14.9. The Kier molecular flexibility index (Phi) is 4.28. The van der Waals surface area contributed by atoms with E-state index in [1.54, 1.807) is 0 Å². The number of hydrogen-bond donors (Lipinski definition) is 1. The van der Waals surface area contributed by atoms with Crippen LogP contribution >= 0.6 is 0 Å². The maximum Gasteiger partial charge on any atom is 0.0380 e. The van der Waals surface area contributed by atoms with E-state index in [1.807, 2.05) is 0 Å². The Morgan fingerprint density at radius 1 is 0.905 bits per heavy atom. The molecule has 0 radical (unpaired) electrons. The second kappa shape index (κ2) is 6.02. The molecule has 3 atom stereocenters. The van der Waals surface area contributed by atoms with Crippen molar-refractivity contribution in [3.05, 3.63) is 29.8 Å². The first-order valence-corrected chi connectivity index (χ1v) is 8.90. The molecule has 1 nitrogen and oxygen atoms in total. The van der Waals surface area contributed by atoms with Gasteiger partial charge in [0.25, 0.3) is 0 Å². The van der Waals surface area contributed by atoms with Crippen molar-refractivity contribution >= 4 is 5.69 Å². The molecule has 116 valence electrons. The van der Waals surface area contributed by atoms with Gasteiger partial charge in [0.15, 0.2) is 0 Å². The zero-order valence-corrected chi connectivity index (χ0v) is 14.0. The van der Waals surface area contributed by atoms with Gasteiger partial charge in [-0.25, -0.2) is 0 Å². The van der Waals surface area contributed by atoms with Gasteiger partial charge in [-0.05, 0) is 48.1 Å². The summed E-state index contributed by atoms with van der Waals surface area (Å²) in [4.78, 5) is 0. The molecule has 0 aromatic heterocycles. The van der Waals surface area contributed by atoms with E-state index in [2.05, 4.69) is 50.4 Å². The van der Waals surface area contributed by atoms with Crippen LogP contribution in [0.2, 0.25) is 0 Å². The van der Waals surface area contributed by atoms with Crippen molar-refractivity contribution in [1.82, 2.24) is 0 Å². The third-order valence-electron chi connectivity index (χ3n) is 5.63. The lowest BCUT2D eigenvalue weighted by Gasteiger charge is -2.40. The largest absolute Gasteiger partial charge is 0.382 e. The summed E-state index contributed by atoms with van der Waals surface area (Å²) >= 11 is 0. The van der Waals surface area contributed by atoms with Crippen molar-refractivity contribution < 1.29 is 0 Å². The SMILES string of the molecule is CC(C)(C)c1ccccc1NC1CCC2CCCCC2C1. The quantitative estimate of drug-likeness (QED) is 0.729. The first-order chi connectivity index (χ1) is 10.0. The van der Waals surface area contributed by atoms with Crippen LogP contribution in [0.3, 0.4) is 0 Å². The number of fused-ring (bicyclic) bond motifs is 1. The number of nitrogens with one attached hydrogen (secondary N) is 1. The van der Waals surface area contributed by atoms with Gasteiger partial charge in [-0.15, -0.1) is 0 Å². The number of benzene rings is 1. The van der Waals surface area contributed by atoms with Gasteiger partial charge in [0, 0.05) is 11.7 Å². The van der Waals surface area contributed by atoms with Crippen LogP contribution in [0.4, 0.5) is 5.69 Å². The van der Waals surface area contributed by atoms with E-state index in [-0.39, 0.29) is 5.41 Å². The minimum absolute atomic E-state index is 0.214. The van der Waals surface area contributed by atoms with Crippen molar-refractivity contribution in [2.75, 3.05) is 5.32 Å². The van der Waals surface area contributed by atoms with E-state index in [1.165, 1.54) is 56.2 Å². The van der Waals surface area contributed by atoms with Crippen LogP contribution in [-0.2, 0) is 5.41 Å². The standard InChI is InChI=1S/C20H31N/c1-20(2,3)18-10-6-7-11-19(18)21-17-13-12-15-8-4-5-9-16(15)14-17/h6-7,10-11,15-17,21H,4-5,8-9,12-14H2,1-3H3. The Bertz CT molecular complexity index is 471. The highest BCUT2D eigenvalue weighted by Gasteiger charge is 2.32. The average molecular weight is 285 g/mol. The molecule has 1 heteroatoms. The maximum absolute atomic E-state index is 3.89. The predicted octanol–water partition coefficient (Wildman–Crippen LogP) is 5.75. The van der Waals surface area contributed by atoms with Gasteiger partial charge in [0.05, 0.1) is 0 Å². The van der Waals surface area contributed by atoms with E-state index in [4.69, 9.17) is 0 Å². The van der Waals surface area contributed by atoms with Crippen LogP contribution in [0.25, 0.3) is 0 Å². The van der Waals surface area contributed by atoms with Gasteiger partial charge in [0.1, 0.15) is 0 Å². The van der Waals surface area contributed by atoms with E-state index < -0.39 is 0 Å². The molecule has 1 aromatic rings. The Labute approximate surface area is 130 Å². The van der Waals surface area contributed by atoms with Crippen LogP contribution in [-0.4, -0.2) is 6.04 Å². The summed E-state index contributed by atoms with van der Waals surface area (Å²) < 4.78 is 0. The van der Waals surface area contributed by atoms with E-state index in [0.29, 0.717) is 6.04 Å². The monoisotopic (exact) mass is 285 g/mol. The van der Waals surface area contributed by atoms with Gasteiger partial charge >= 0.3 is 0 Å². The summed E-state index contributed by atoms with van der Waals surface area (Å²) in [5, 5.41) is 3.89. The number of rotatable bonds is 2. The van der Waals surface area contributed by atoms with Crippen LogP contribution < -0.4 is 5.32 Å². The molecule has 0 amide bonds. The van der Waals surface area contributed by atoms with Crippen LogP contribution in [0.5, 0.6) is 0 Å². The van der Waals surface area contributed by atoms with E-state index in [0.717, 1.165) is 11.8 Å². The van der Waals surface area contributed by atoms with E-state index in [9.17, 15) is 0 Å². The molecular formula is C20H31N. The molecule has 3 rings (SSSR count). The fraction of sp³-hybridized carbons (Fsp3) is 0.700. The zero-order chi connectivity index (χ0) is 14.9. The highest BCUT2D eigenvalue weighted by Crippen LogP contribution is 2.41. The number of anilines is 1. The third kappa shape index (κ3) is 3.44. The summed E-state index contributed by atoms with van der Waals surface area (Å²) in [6.45, 7) is 6.93. The smallest absolute Gasteiger partial charge is 0.0380 e. The minimum atomic E-state index is 0.214. The van der Waals surface area contributed by atoms with Gasteiger partial charge < -0.3 is 5.32 Å². The molecule has 0 aliphatic heterocycles. The molecule has 1 aromatic carbocycles. The van der Waals surface area contributed by atoms with Crippen LogP contribution in [0.1, 0.15) is 71.3 Å². The molecule has 1 N–H and O–H groups in total. The molecule has 2 aliphatic carbocycles. The molecular weight excluding hydrogens is 254 g/mol. The predicted molar refractivity (Wildman–Crippen MR) is 91.9 cm³/mol. The Balaban J connectivity index is 1.70. The van der Waals surface area contributed by atoms with E-state index >= 15 is 0 Å². The Morgan fingerprint density at radius 2 is 1.62 bits per heavy atom. The molecule has 0 saturated heterocycles. The highest BCUT2D eigenvalue weighted by molar-refractivity contribution is 5.54. The summed E-state index contributed by atoms with van der Waals surface area (Å²) in [5.74, 6) is 2.03. The van der Waals surface area contributed by atoms with Gasteiger partial charge in [0.2, 0.25) is 0 Å².